The van der Waals surface area contributed by atoms with Gasteiger partial charge in [-0.1, -0.05) is 6.92 Å². The summed E-state index contributed by atoms with van der Waals surface area (Å²) in [6.45, 7) is 2.24. The van der Waals surface area contributed by atoms with Gasteiger partial charge in [0.1, 0.15) is 0 Å². The normalized spacial score (nSPS) is 22.4. The van der Waals surface area contributed by atoms with E-state index in [1.165, 1.54) is 17.5 Å². The zero-order valence-electron chi connectivity index (χ0n) is 11.4. The average Bonchev–Trinajstić information content (AvgIpc) is 2.44. The Hall–Kier alpha value is -0.870. The fourth-order valence-electron chi connectivity index (χ4n) is 2.54. The molecule has 4 heteroatoms. The van der Waals surface area contributed by atoms with Gasteiger partial charge in [-0.15, -0.1) is 0 Å². The predicted molar refractivity (Wildman–Crippen MR) is 76.7 cm³/mol. The second-order valence-corrected chi connectivity index (χ2v) is 5.66. The standard InChI is InChI=1S/C14H21NO2S/c1-5-13-14(15-2)10-7-12(17-4)11(16-3)6-9(10)8-18-13/h6-7,13-15H,5,8H2,1-4H3. The maximum absolute atomic E-state index is 5.40. The van der Waals surface area contributed by atoms with Crippen molar-refractivity contribution in [3.63, 3.8) is 0 Å². The Bertz CT molecular complexity index is 423. The Balaban J connectivity index is 2.45. The second kappa shape index (κ2) is 5.85. The lowest BCUT2D eigenvalue weighted by atomic mass is 9.96. The third-order valence-electron chi connectivity index (χ3n) is 3.52. The van der Waals surface area contributed by atoms with Gasteiger partial charge >= 0.3 is 0 Å². The Labute approximate surface area is 113 Å². The van der Waals surface area contributed by atoms with Crippen molar-refractivity contribution >= 4 is 11.8 Å². The molecule has 2 atom stereocenters. The van der Waals surface area contributed by atoms with Crippen molar-refractivity contribution in [2.75, 3.05) is 21.3 Å². The molecule has 18 heavy (non-hydrogen) atoms. The van der Waals surface area contributed by atoms with E-state index in [0.717, 1.165) is 17.3 Å². The minimum atomic E-state index is 0.392. The smallest absolute Gasteiger partial charge is 0.161 e. The molecule has 1 aliphatic heterocycles. The molecule has 0 fully saturated rings. The summed E-state index contributed by atoms with van der Waals surface area (Å²) in [4.78, 5) is 0. The molecule has 0 saturated heterocycles. The van der Waals surface area contributed by atoms with E-state index in [1.807, 2.05) is 18.8 Å². The first-order valence-corrected chi connectivity index (χ1v) is 7.33. The molecule has 0 aliphatic carbocycles. The van der Waals surface area contributed by atoms with Crippen LogP contribution in [0, 0.1) is 0 Å². The summed E-state index contributed by atoms with van der Waals surface area (Å²) in [5, 5.41) is 4.06. The summed E-state index contributed by atoms with van der Waals surface area (Å²) < 4.78 is 10.8. The number of thioether (sulfide) groups is 1. The highest BCUT2D eigenvalue weighted by molar-refractivity contribution is 7.99. The van der Waals surface area contributed by atoms with Crippen LogP contribution in [0.5, 0.6) is 11.5 Å². The molecule has 1 aromatic rings. The van der Waals surface area contributed by atoms with Gasteiger partial charge in [0.05, 0.1) is 14.2 Å². The molecule has 0 aromatic heterocycles. The van der Waals surface area contributed by atoms with Gasteiger partial charge in [-0.3, -0.25) is 0 Å². The van der Waals surface area contributed by atoms with Gasteiger partial charge in [0.15, 0.2) is 11.5 Å². The van der Waals surface area contributed by atoms with Crippen LogP contribution in [0.3, 0.4) is 0 Å². The summed E-state index contributed by atoms with van der Waals surface area (Å²) >= 11 is 2.01. The third kappa shape index (κ3) is 2.31. The first-order valence-electron chi connectivity index (χ1n) is 6.28. The van der Waals surface area contributed by atoms with Crippen molar-refractivity contribution in [1.82, 2.24) is 5.32 Å². The molecule has 0 saturated carbocycles. The minimum absolute atomic E-state index is 0.392. The quantitative estimate of drug-likeness (QED) is 0.908. The Morgan fingerprint density at radius 1 is 1.28 bits per heavy atom. The van der Waals surface area contributed by atoms with Crippen LogP contribution < -0.4 is 14.8 Å². The molecule has 0 bridgehead atoms. The number of rotatable bonds is 4. The van der Waals surface area contributed by atoms with Crippen molar-refractivity contribution in [3.05, 3.63) is 23.3 Å². The molecule has 0 spiro atoms. The molecule has 2 rings (SSSR count). The van der Waals surface area contributed by atoms with Crippen LogP contribution in [0.25, 0.3) is 0 Å². The highest BCUT2D eigenvalue weighted by Gasteiger charge is 2.29. The molecule has 1 heterocycles. The van der Waals surface area contributed by atoms with Gasteiger partial charge in [0, 0.05) is 17.0 Å². The monoisotopic (exact) mass is 267 g/mol. The van der Waals surface area contributed by atoms with E-state index in [4.69, 9.17) is 9.47 Å². The van der Waals surface area contributed by atoms with Crippen LogP contribution in [0.1, 0.15) is 30.5 Å². The van der Waals surface area contributed by atoms with Crippen molar-refractivity contribution in [3.8, 4) is 11.5 Å². The third-order valence-corrected chi connectivity index (χ3v) is 5.03. The van der Waals surface area contributed by atoms with Gasteiger partial charge in [0.2, 0.25) is 0 Å². The van der Waals surface area contributed by atoms with Crippen molar-refractivity contribution in [2.45, 2.75) is 30.4 Å². The van der Waals surface area contributed by atoms with Crippen LogP contribution >= 0.6 is 11.8 Å². The lowest BCUT2D eigenvalue weighted by Crippen LogP contribution is -2.30. The van der Waals surface area contributed by atoms with E-state index in [9.17, 15) is 0 Å². The van der Waals surface area contributed by atoms with Gasteiger partial charge < -0.3 is 14.8 Å². The highest BCUT2D eigenvalue weighted by atomic mass is 32.2. The maximum Gasteiger partial charge on any atom is 0.161 e. The zero-order chi connectivity index (χ0) is 13.1. The summed E-state index contributed by atoms with van der Waals surface area (Å²) in [5.41, 5.74) is 2.70. The number of fused-ring (bicyclic) bond motifs is 1. The minimum Gasteiger partial charge on any atom is -0.493 e. The number of hydrogen-bond acceptors (Lipinski definition) is 4. The van der Waals surface area contributed by atoms with Crippen LogP contribution in [-0.2, 0) is 5.75 Å². The van der Waals surface area contributed by atoms with Gasteiger partial charge in [-0.05, 0) is 36.7 Å². The molecular formula is C14H21NO2S. The van der Waals surface area contributed by atoms with E-state index in [1.54, 1.807) is 14.2 Å². The molecule has 3 nitrogen and oxygen atoms in total. The molecule has 100 valence electrons. The fourth-order valence-corrected chi connectivity index (χ4v) is 3.89. The van der Waals surface area contributed by atoms with Crippen LogP contribution in [-0.4, -0.2) is 26.5 Å². The Kier molecular flexibility index (Phi) is 4.40. The number of methoxy groups -OCH3 is 2. The fraction of sp³-hybridized carbons (Fsp3) is 0.571. The Morgan fingerprint density at radius 3 is 2.50 bits per heavy atom. The zero-order valence-corrected chi connectivity index (χ0v) is 12.3. The lowest BCUT2D eigenvalue weighted by Gasteiger charge is -2.33. The van der Waals surface area contributed by atoms with Crippen LogP contribution in [0.4, 0.5) is 0 Å². The van der Waals surface area contributed by atoms with Crippen molar-refractivity contribution in [1.29, 1.82) is 0 Å². The first-order chi connectivity index (χ1) is 8.74. The van der Waals surface area contributed by atoms with Crippen LogP contribution in [0.2, 0.25) is 0 Å². The number of ether oxygens (including phenoxy) is 2. The number of nitrogens with one attached hydrogen (secondary N) is 1. The summed E-state index contributed by atoms with van der Waals surface area (Å²) in [6.07, 6.45) is 1.17. The topological polar surface area (TPSA) is 30.5 Å². The largest absolute Gasteiger partial charge is 0.493 e. The van der Waals surface area contributed by atoms with E-state index >= 15 is 0 Å². The van der Waals surface area contributed by atoms with Gasteiger partial charge in [-0.25, -0.2) is 0 Å². The summed E-state index contributed by atoms with van der Waals surface area (Å²) in [5.74, 6) is 2.69. The molecule has 1 aromatic carbocycles. The summed E-state index contributed by atoms with van der Waals surface area (Å²) in [7, 11) is 5.40. The van der Waals surface area contributed by atoms with E-state index in [0.29, 0.717) is 11.3 Å². The van der Waals surface area contributed by atoms with E-state index in [-0.39, 0.29) is 0 Å². The Morgan fingerprint density at radius 2 is 1.94 bits per heavy atom. The SMILES string of the molecule is CCC1SCc2cc(OC)c(OC)cc2C1NC. The maximum atomic E-state index is 5.40. The molecule has 1 N–H and O–H groups in total. The lowest BCUT2D eigenvalue weighted by molar-refractivity contribution is 0.353. The average molecular weight is 267 g/mol. The molecule has 0 amide bonds. The molecule has 2 unspecified atom stereocenters. The second-order valence-electron chi connectivity index (χ2n) is 4.43. The predicted octanol–water partition coefficient (Wildman–Crippen LogP) is 2.99. The van der Waals surface area contributed by atoms with E-state index < -0.39 is 0 Å². The van der Waals surface area contributed by atoms with Crippen molar-refractivity contribution in [2.24, 2.45) is 0 Å². The summed E-state index contributed by atoms with van der Waals surface area (Å²) in [6, 6.07) is 4.62. The number of benzene rings is 1. The van der Waals surface area contributed by atoms with Crippen molar-refractivity contribution < 1.29 is 9.47 Å². The van der Waals surface area contributed by atoms with E-state index in [2.05, 4.69) is 24.4 Å². The van der Waals surface area contributed by atoms with Gasteiger partial charge in [-0.2, -0.15) is 11.8 Å². The molecule has 0 radical (unpaired) electrons. The molecule has 1 aliphatic rings. The number of hydrogen-bond donors (Lipinski definition) is 1. The highest BCUT2D eigenvalue weighted by Crippen LogP contribution is 2.43. The molecular weight excluding hydrogens is 246 g/mol. The van der Waals surface area contributed by atoms with Crippen LogP contribution in [0.15, 0.2) is 12.1 Å². The first kappa shape index (κ1) is 13.6. The van der Waals surface area contributed by atoms with Gasteiger partial charge in [0.25, 0.3) is 0 Å².